The molecule has 8 heteroatoms. The van der Waals surface area contributed by atoms with Crippen LogP contribution in [0.25, 0.3) is 11.3 Å². The molecule has 3 aromatic rings. The Morgan fingerprint density at radius 2 is 2.09 bits per heavy atom. The molecule has 2 N–H and O–H groups in total. The summed E-state index contributed by atoms with van der Waals surface area (Å²) in [6, 6.07) is 13.9. The fraction of sp³-hybridized carbons (Fsp3) is 0.333. The number of para-hydroxylation sites is 1. The van der Waals surface area contributed by atoms with Gasteiger partial charge in [0.2, 0.25) is 0 Å². The predicted molar refractivity (Wildman–Crippen MR) is 120 cm³/mol. The molecule has 7 nitrogen and oxygen atoms in total. The lowest BCUT2D eigenvalue weighted by molar-refractivity contribution is -0.118. The van der Waals surface area contributed by atoms with Crippen LogP contribution in [-0.4, -0.2) is 41.5 Å². The summed E-state index contributed by atoms with van der Waals surface area (Å²) < 4.78 is 26.8. The molecule has 1 atom stereocenters. The van der Waals surface area contributed by atoms with Gasteiger partial charge in [-0.2, -0.15) is 5.10 Å². The van der Waals surface area contributed by atoms with E-state index in [0.717, 1.165) is 30.0 Å². The summed E-state index contributed by atoms with van der Waals surface area (Å²) in [5.41, 5.74) is 2.29. The lowest BCUT2D eigenvalue weighted by Crippen LogP contribution is -2.23. The number of hydrogen-bond acceptors (Lipinski definition) is 5. The summed E-state index contributed by atoms with van der Waals surface area (Å²) in [6.45, 7) is 1.37. The molecule has 1 fully saturated rings. The largest absolute Gasteiger partial charge is 0.493 e. The number of nitrogens with zero attached hydrogens (tertiary/aromatic N) is 2. The predicted octanol–water partition coefficient (Wildman–Crippen LogP) is 3.76. The number of halogens is 1. The SMILES string of the molecule is Cn1nccc1-c1cc(NC(=O)COc2ccccc2F)ccc1OCCC1CCCN1. The van der Waals surface area contributed by atoms with Crippen molar-refractivity contribution < 1.29 is 18.7 Å². The number of benzene rings is 2. The Kier molecular flexibility index (Phi) is 7.01. The third kappa shape index (κ3) is 5.45. The smallest absolute Gasteiger partial charge is 0.262 e. The lowest BCUT2D eigenvalue weighted by Gasteiger charge is -2.16. The van der Waals surface area contributed by atoms with Crippen molar-refractivity contribution in [1.29, 1.82) is 0 Å². The third-order valence-corrected chi connectivity index (χ3v) is 5.44. The highest BCUT2D eigenvalue weighted by Gasteiger charge is 2.16. The van der Waals surface area contributed by atoms with E-state index in [0.29, 0.717) is 18.3 Å². The third-order valence-electron chi connectivity index (χ3n) is 5.44. The molecule has 0 aliphatic carbocycles. The van der Waals surface area contributed by atoms with Gasteiger partial charge in [-0.3, -0.25) is 9.48 Å². The van der Waals surface area contributed by atoms with E-state index >= 15 is 0 Å². The van der Waals surface area contributed by atoms with Crippen molar-refractivity contribution in [1.82, 2.24) is 15.1 Å². The Labute approximate surface area is 186 Å². The van der Waals surface area contributed by atoms with Gasteiger partial charge in [0.1, 0.15) is 5.75 Å². The number of amides is 1. The van der Waals surface area contributed by atoms with Crippen molar-refractivity contribution >= 4 is 11.6 Å². The molecule has 1 aliphatic rings. The van der Waals surface area contributed by atoms with Crippen LogP contribution in [0.4, 0.5) is 10.1 Å². The molecular formula is C24H27FN4O3. The molecule has 0 bridgehead atoms. The Bertz CT molecular complexity index is 1060. The minimum Gasteiger partial charge on any atom is -0.493 e. The van der Waals surface area contributed by atoms with E-state index in [9.17, 15) is 9.18 Å². The molecule has 1 aromatic heterocycles. The van der Waals surface area contributed by atoms with Crippen LogP contribution in [0.3, 0.4) is 0 Å². The Morgan fingerprint density at radius 3 is 2.84 bits per heavy atom. The number of ether oxygens (including phenoxy) is 2. The molecular weight excluding hydrogens is 411 g/mol. The fourth-order valence-electron chi connectivity index (χ4n) is 3.79. The van der Waals surface area contributed by atoms with Crippen LogP contribution in [0.2, 0.25) is 0 Å². The van der Waals surface area contributed by atoms with E-state index in [2.05, 4.69) is 15.7 Å². The second kappa shape index (κ2) is 10.3. The Morgan fingerprint density at radius 1 is 1.22 bits per heavy atom. The maximum absolute atomic E-state index is 13.7. The first-order valence-electron chi connectivity index (χ1n) is 10.8. The van der Waals surface area contributed by atoms with Crippen LogP contribution in [0, 0.1) is 5.82 Å². The Hall–Kier alpha value is -3.39. The van der Waals surface area contributed by atoms with Gasteiger partial charge in [-0.25, -0.2) is 4.39 Å². The van der Waals surface area contributed by atoms with Gasteiger partial charge < -0.3 is 20.1 Å². The monoisotopic (exact) mass is 438 g/mol. The average molecular weight is 439 g/mol. The van der Waals surface area contributed by atoms with Crippen LogP contribution in [0.1, 0.15) is 19.3 Å². The topological polar surface area (TPSA) is 77.4 Å². The van der Waals surface area contributed by atoms with Crippen molar-refractivity contribution in [2.45, 2.75) is 25.3 Å². The van der Waals surface area contributed by atoms with Gasteiger partial charge in [0.15, 0.2) is 18.2 Å². The van der Waals surface area contributed by atoms with E-state index in [1.54, 1.807) is 29.1 Å². The zero-order chi connectivity index (χ0) is 22.3. The van der Waals surface area contributed by atoms with Gasteiger partial charge >= 0.3 is 0 Å². The zero-order valence-electron chi connectivity index (χ0n) is 18.0. The number of nitrogens with one attached hydrogen (secondary N) is 2. The highest BCUT2D eigenvalue weighted by atomic mass is 19.1. The van der Waals surface area contributed by atoms with Gasteiger partial charge in [-0.05, 0) is 62.2 Å². The second-order valence-corrected chi connectivity index (χ2v) is 7.75. The average Bonchev–Trinajstić information content (AvgIpc) is 3.46. The molecule has 168 valence electrons. The van der Waals surface area contributed by atoms with Gasteiger partial charge in [0.25, 0.3) is 5.91 Å². The van der Waals surface area contributed by atoms with Gasteiger partial charge in [0, 0.05) is 30.5 Å². The first-order chi connectivity index (χ1) is 15.6. The van der Waals surface area contributed by atoms with Gasteiger partial charge in [-0.15, -0.1) is 0 Å². The molecule has 0 saturated carbocycles. The Balaban J connectivity index is 1.43. The van der Waals surface area contributed by atoms with Gasteiger partial charge in [-0.1, -0.05) is 12.1 Å². The van der Waals surface area contributed by atoms with E-state index < -0.39 is 5.82 Å². The van der Waals surface area contributed by atoms with Crippen molar-refractivity contribution in [3.63, 3.8) is 0 Å². The highest BCUT2D eigenvalue weighted by Crippen LogP contribution is 2.32. The highest BCUT2D eigenvalue weighted by molar-refractivity contribution is 5.93. The standard InChI is InChI=1S/C24H27FN4O3/c1-29-21(10-13-27-29)19-15-18(8-9-22(19)31-14-11-17-5-4-12-26-17)28-24(30)16-32-23-7-3-2-6-20(23)25/h2-3,6-10,13,15,17,26H,4-5,11-12,14,16H2,1H3,(H,28,30). The summed E-state index contributed by atoms with van der Waals surface area (Å²) in [7, 11) is 1.86. The van der Waals surface area contributed by atoms with E-state index in [4.69, 9.17) is 9.47 Å². The maximum atomic E-state index is 13.7. The molecule has 1 unspecified atom stereocenters. The summed E-state index contributed by atoms with van der Waals surface area (Å²) in [5, 5.41) is 10.5. The van der Waals surface area contributed by atoms with Crippen molar-refractivity contribution in [3.8, 4) is 22.8 Å². The first kappa shape index (κ1) is 21.8. The minimum atomic E-state index is -0.506. The number of anilines is 1. The molecule has 1 amide bonds. The summed E-state index contributed by atoms with van der Waals surface area (Å²) in [6.07, 6.45) is 5.05. The van der Waals surface area contributed by atoms with Crippen LogP contribution < -0.4 is 20.1 Å². The maximum Gasteiger partial charge on any atom is 0.262 e. The minimum absolute atomic E-state index is 0.0405. The number of hydrogen-bond donors (Lipinski definition) is 2. The fourth-order valence-corrected chi connectivity index (χ4v) is 3.79. The van der Waals surface area contributed by atoms with Gasteiger partial charge in [0.05, 0.1) is 12.3 Å². The molecule has 2 aromatic carbocycles. The number of carbonyl (C=O) groups excluding carboxylic acids is 1. The van der Waals surface area contributed by atoms with Crippen LogP contribution in [0.5, 0.6) is 11.5 Å². The number of rotatable bonds is 9. The van der Waals surface area contributed by atoms with E-state index in [1.165, 1.54) is 25.0 Å². The quantitative estimate of drug-likeness (QED) is 0.532. The van der Waals surface area contributed by atoms with Crippen molar-refractivity contribution in [2.24, 2.45) is 7.05 Å². The van der Waals surface area contributed by atoms with Crippen LogP contribution in [0.15, 0.2) is 54.7 Å². The zero-order valence-corrected chi connectivity index (χ0v) is 18.0. The summed E-state index contributed by atoms with van der Waals surface area (Å²) >= 11 is 0. The molecule has 2 heterocycles. The van der Waals surface area contributed by atoms with Crippen LogP contribution >= 0.6 is 0 Å². The lowest BCUT2D eigenvalue weighted by atomic mass is 10.1. The van der Waals surface area contributed by atoms with E-state index in [1.807, 2.05) is 25.2 Å². The normalized spacial score (nSPS) is 15.5. The molecule has 1 saturated heterocycles. The number of aryl methyl sites for hydroxylation is 1. The summed E-state index contributed by atoms with van der Waals surface area (Å²) in [4.78, 5) is 12.4. The molecule has 1 aliphatic heterocycles. The summed E-state index contributed by atoms with van der Waals surface area (Å²) in [5.74, 6) is -0.121. The van der Waals surface area contributed by atoms with Crippen LogP contribution in [-0.2, 0) is 11.8 Å². The molecule has 0 spiro atoms. The van der Waals surface area contributed by atoms with E-state index in [-0.39, 0.29) is 18.3 Å². The first-order valence-corrected chi connectivity index (χ1v) is 10.8. The number of aromatic nitrogens is 2. The van der Waals surface area contributed by atoms with Crippen molar-refractivity contribution in [3.05, 3.63) is 60.5 Å². The second-order valence-electron chi connectivity index (χ2n) is 7.75. The molecule has 4 rings (SSSR count). The molecule has 0 radical (unpaired) electrons. The van der Waals surface area contributed by atoms with Crippen molar-refractivity contribution in [2.75, 3.05) is 25.1 Å². The number of carbonyl (C=O) groups is 1. The molecule has 32 heavy (non-hydrogen) atoms.